The minimum Gasteiger partial charge on any atom is -0.497 e. The molecule has 0 spiro atoms. The number of hydrogen-bond acceptors (Lipinski definition) is 3. The van der Waals surface area contributed by atoms with Gasteiger partial charge in [-0.15, -0.1) is 12.3 Å². The van der Waals surface area contributed by atoms with Gasteiger partial charge in [0.05, 0.1) is 20.3 Å². The zero-order chi connectivity index (χ0) is 11.3. The third-order valence-electron chi connectivity index (χ3n) is 2.07. The summed E-state index contributed by atoms with van der Waals surface area (Å²) in [4.78, 5) is 0. The van der Waals surface area contributed by atoms with Crippen LogP contribution in [0.15, 0.2) is 18.2 Å². The second-order valence-electron chi connectivity index (χ2n) is 3.07. The Labute approximate surface area is 89.6 Å². The summed E-state index contributed by atoms with van der Waals surface area (Å²) in [6, 6.07) is 5.22. The van der Waals surface area contributed by atoms with Crippen LogP contribution in [0, 0.1) is 12.3 Å². The quantitative estimate of drug-likeness (QED) is 0.763. The first-order valence-electron chi connectivity index (χ1n) is 4.55. The first-order valence-corrected chi connectivity index (χ1v) is 4.55. The molecular formula is C12H14O3. The summed E-state index contributed by atoms with van der Waals surface area (Å²) in [7, 11) is 3.12. The summed E-state index contributed by atoms with van der Waals surface area (Å²) in [5.74, 6) is 3.69. The van der Waals surface area contributed by atoms with Crippen molar-refractivity contribution in [2.24, 2.45) is 0 Å². The molecule has 1 unspecified atom stereocenters. The fraction of sp³-hybridized carbons (Fsp3) is 0.333. The van der Waals surface area contributed by atoms with Gasteiger partial charge in [-0.1, -0.05) is 0 Å². The van der Waals surface area contributed by atoms with E-state index < -0.39 is 6.10 Å². The highest BCUT2D eigenvalue weighted by atomic mass is 16.5. The molecule has 1 rings (SSSR count). The lowest BCUT2D eigenvalue weighted by Gasteiger charge is -2.11. The maximum absolute atomic E-state index is 9.71. The molecular weight excluding hydrogens is 192 g/mol. The third kappa shape index (κ3) is 2.90. The van der Waals surface area contributed by atoms with Gasteiger partial charge in [-0.25, -0.2) is 0 Å². The van der Waals surface area contributed by atoms with Crippen LogP contribution in [0.1, 0.15) is 18.1 Å². The second kappa shape index (κ2) is 5.28. The van der Waals surface area contributed by atoms with E-state index in [1.165, 1.54) is 0 Å². The van der Waals surface area contributed by atoms with Crippen LogP contribution in [0.25, 0.3) is 0 Å². The lowest BCUT2D eigenvalue weighted by molar-refractivity contribution is 0.183. The van der Waals surface area contributed by atoms with Crippen LogP contribution in [0.4, 0.5) is 0 Å². The van der Waals surface area contributed by atoms with Gasteiger partial charge in [0.15, 0.2) is 0 Å². The van der Waals surface area contributed by atoms with Crippen molar-refractivity contribution in [1.29, 1.82) is 0 Å². The van der Waals surface area contributed by atoms with E-state index in [0.29, 0.717) is 17.1 Å². The van der Waals surface area contributed by atoms with Crippen molar-refractivity contribution in [3.8, 4) is 23.8 Å². The molecule has 1 aromatic rings. The van der Waals surface area contributed by atoms with E-state index in [4.69, 9.17) is 15.9 Å². The Balaban J connectivity index is 3.01. The molecule has 1 atom stereocenters. The van der Waals surface area contributed by atoms with Gasteiger partial charge in [0.1, 0.15) is 11.5 Å². The Morgan fingerprint density at radius 3 is 2.20 bits per heavy atom. The van der Waals surface area contributed by atoms with Crippen molar-refractivity contribution in [2.75, 3.05) is 14.2 Å². The highest BCUT2D eigenvalue weighted by molar-refractivity contribution is 5.39. The van der Waals surface area contributed by atoms with Crippen molar-refractivity contribution in [3.63, 3.8) is 0 Å². The smallest absolute Gasteiger partial charge is 0.122 e. The van der Waals surface area contributed by atoms with E-state index in [1.54, 1.807) is 32.4 Å². The summed E-state index contributed by atoms with van der Waals surface area (Å²) in [5.41, 5.74) is 0.698. The van der Waals surface area contributed by atoms with Crippen LogP contribution in [-0.2, 0) is 0 Å². The molecule has 1 N–H and O–H groups in total. The van der Waals surface area contributed by atoms with Gasteiger partial charge >= 0.3 is 0 Å². The van der Waals surface area contributed by atoms with Gasteiger partial charge < -0.3 is 14.6 Å². The molecule has 80 valence electrons. The first-order chi connectivity index (χ1) is 7.21. The average Bonchev–Trinajstić information content (AvgIpc) is 2.28. The predicted octanol–water partition coefficient (Wildman–Crippen LogP) is 1.76. The van der Waals surface area contributed by atoms with Crippen LogP contribution in [0.2, 0.25) is 0 Å². The second-order valence-corrected chi connectivity index (χ2v) is 3.07. The van der Waals surface area contributed by atoms with Gasteiger partial charge in [0.2, 0.25) is 0 Å². The Bertz CT molecular complexity index is 343. The Morgan fingerprint density at radius 1 is 1.27 bits per heavy atom. The van der Waals surface area contributed by atoms with Crippen molar-refractivity contribution < 1.29 is 14.6 Å². The fourth-order valence-corrected chi connectivity index (χ4v) is 1.25. The molecule has 0 aromatic heterocycles. The Morgan fingerprint density at radius 2 is 1.80 bits per heavy atom. The Hall–Kier alpha value is -1.66. The number of rotatable bonds is 4. The van der Waals surface area contributed by atoms with E-state index >= 15 is 0 Å². The SMILES string of the molecule is C#CCC(O)c1cc(OC)cc(OC)c1. The summed E-state index contributed by atoms with van der Waals surface area (Å²) < 4.78 is 10.2. The zero-order valence-corrected chi connectivity index (χ0v) is 8.86. The summed E-state index contributed by atoms with van der Waals surface area (Å²) in [6.45, 7) is 0. The number of ether oxygens (including phenoxy) is 2. The van der Waals surface area contributed by atoms with Gasteiger partial charge in [0.25, 0.3) is 0 Å². The van der Waals surface area contributed by atoms with E-state index in [-0.39, 0.29) is 6.42 Å². The maximum atomic E-state index is 9.71. The van der Waals surface area contributed by atoms with Crippen LogP contribution in [0.5, 0.6) is 11.5 Å². The van der Waals surface area contributed by atoms with Gasteiger partial charge in [-0.2, -0.15) is 0 Å². The number of aliphatic hydroxyl groups excluding tert-OH is 1. The number of methoxy groups -OCH3 is 2. The lowest BCUT2D eigenvalue weighted by Crippen LogP contribution is -1.98. The van der Waals surface area contributed by atoms with Crippen molar-refractivity contribution in [2.45, 2.75) is 12.5 Å². The van der Waals surface area contributed by atoms with Crippen molar-refractivity contribution in [3.05, 3.63) is 23.8 Å². The van der Waals surface area contributed by atoms with Gasteiger partial charge in [-0.3, -0.25) is 0 Å². The van der Waals surface area contributed by atoms with Crippen LogP contribution in [0.3, 0.4) is 0 Å². The van der Waals surface area contributed by atoms with E-state index in [0.717, 1.165) is 0 Å². The predicted molar refractivity (Wildman–Crippen MR) is 58.0 cm³/mol. The molecule has 0 heterocycles. The summed E-state index contributed by atoms with van der Waals surface area (Å²) >= 11 is 0. The molecule has 0 aliphatic rings. The van der Waals surface area contributed by atoms with E-state index in [9.17, 15) is 5.11 Å². The monoisotopic (exact) mass is 206 g/mol. The number of benzene rings is 1. The molecule has 0 aliphatic carbocycles. The topological polar surface area (TPSA) is 38.7 Å². The molecule has 0 saturated carbocycles. The minimum atomic E-state index is -0.681. The molecule has 0 amide bonds. The number of hydrogen-bond donors (Lipinski definition) is 1. The summed E-state index contributed by atoms with van der Waals surface area (Å²) in [5, 5.41) is 9.71. The molecule has 0 aliphatic heterocycles. The number of terminal acetylenes is 1. The Kier molecular flexibility index (Phi) is 4.02. The molecule has 1 aromatic carbocycles. The van der Waals surface area contributed by atoms with Crippen LogP contribution in [-0.4, -0.2) is 19.3 Å². The highest BCUT2D eigenvalue weighted by Crippen LogP contribution is 2.27. The molecule has 0 radical (unpaired) electrons. The molecule has 0 saturated heterocycles. The van der Waals surface area contributed by atoms with E-state index in [2.05, 4.69) is 5.92 Å². The zero-order valence-electron chi connectivity index (χ0n) is 8.86. The van der Waals surface area contributed by atoms with Crippen molar-refractivity contribution in [1.82, 2.24) is 0 Å². The third-order valence-corrected chi connectivity index (χ3v) is 2.07. The molecule has 15 heavy (non-hydrogen) atoms. The van der Waals surface area contributed by atoms with Crippen LogP contribution >= 0.6 is 0 Å². The lowest BCUT2D eigenvalue weighted by atomic mass is 10.1. The minimum absolute atomic E-state index is 0.274. The molecule has 0 bridgehead atoms. The summed E-state index contributed by atoms with van der Waals surface area (Å²) in [6.07, 6.45) is 4.73. The molecule has 0 fully saturated rings. The van der Waals surface area contributed by atoms with E-state index in [1.807, 2.05) is 0 Å². The number of aliphatic hydroxyl groups is 1. The van der Waals surface area contributed by atoms with Crippen molar-refractivity contribution >= 4 is 0 Å². The van der Waals surface area contributed by atoms with Crippen LogP contribution < -0.4 is 9.47 Å². The highest BCUT2D eigenvalue weighted by Gasteiger charge is 2.09. The van der Waals surface area contributed by atoms with Gasteiger partial charge in [-0.05, 0) is 17.7 Å². The molecule has 3 nitrogen and oxygen atoms in total. The van der Waals surface area contributed by atoms with Gasteiger partial charge in [0, 0.05) is 12.5 Å². The normalized spacial score (nSPS) is 11.6. The maximum Gasteiger partial charge on any atom is 0.122 e. The molecule has 3 heteroatoms. The standard InChI is InChI=1S/C12H14O3/c1-4-5-12(13)9-6-10(14-2)8-11(7-9)15-3/h1,6-8,12-13H,5H2,2-3H3. The first kappa shape index (κ1) is 11.4. The fourth-order valence-electron chi connectivity index (χ4n) is 1.25. The average molecular weight is 206 g/mol. The largest absolute Gasteiger partial charge is 0.497 e.